The third kappa shape index (κ3) is 3.24. The Hall–Kier alpha value is -1.16. The van der Waals surface area contributed by atoms with Crippen LogP contribution in [0.25, 0.3) is 0 Å². The molecule has 0 radical (unpaired) electrons. The Morgan fingerprint density at radius 2 is 1.68 bits per heavy atom. The Morgan fingerprint density at radius 1 is 1.05 bits per heavy atom. The molecule has 3 heteroatoms. The third-order valence-electron chi connectivity index (χ3n) is 3.47. The summed E-state index contributed by atoms with van der Waals surface area (Å²) in [5.41, 5.74) is 8.05. The molecular weight excluding hydrogens is 300 g/mol. The zero-order chi connectivity index (χ0) is 13.8. The van der Waals surface area contributed by atoms with Crippen LogP contribution < -0.4 is 11.3 Å². The Kier molecular flexibility index (Phi) is 4.75. The fourth-order valence-electron chi connectivity index (χ4n) is 2.51. The highest BCUT2D eigenvalue weighted by molar-refractivity contribution is 9.10. The van der Waals surface area contributed by atoms with Gasteiger partial charge in [-0.3, -0.25) is 11.3 Å². The smallest absolute Gasteiger partial charge is 0.0505 e. The van der Waals surface area contributed by atoms with Crippen molar-refractivity contribution in [2.75, 3.05) is 0 Å². The fraction of sp³-hybridized carbons (Fsp3) is 0.250. The average molecular weight is 319 g/mol. The lowest BCUT2D eigenvalue weighted by Crippen LogP contribution is -2.30. The molecular formula is C16H19BrN2. The van der Waals surface area contributed by atoms with Gasteiger partial charge in [-0.15, -0.1) is 0 Å². The van der Waals surface area contributed by atoms with Gasteiger partial charge in [-0.05, 0) is 48.6 Å². The van der Waals surface area contributed by atoms with Gasteiger partial charge in [0.25, 0.3) is 0 Å². The van der Waals surface area contributed by atoms with E-state index in [1.807, 2.05) is 6.07 Å². The summed E-state index contributed by atoms with van der Waals surface area (Å²) in [6, 6.07) is 14.7. The first-order valence-corrected chi connectivity index (χ1v) is 7.18. The van der Waals surface area contributed by atoms with Crippen LogP contribution in [0.2, 0.25) is 0 Å². The molecule has 2 nitrogen and oxygen atoms in total. The molecule has 0 spiro atoms. The van der Waals surface area contributed by atoms with Gasteiger partial charge in [0, 0.05) is 4.47 Å². The maximum absolute atomic E-state index is 5.78. The molecule has 0 heterocycles. The zero-order valence-electron chi connectivity index (χ0n) is 11.3. The van der Waals surface area contributed by atoms with E-state index in [0.717, 1.165) is 10.9 Å². The lowest BCUT2D eigenvalue weighted by Gasteiger charge is -2.21. The standard InChI is InChI=1S/C16H19BrN2/c1-11-6-5-7-12(2)16(11)15(19-18)10-13-8-3-4-9-14(13)17/h3-9,15,19H,10,18H2,1-2H3. The van der Waals surface area contributed by atoms with E-state index < -0.39 is 0 Å². The van der Waals surface area contributed by atoms with E-state index in [-0.39, 0.29) is 6.04 Å². The Balaban J connectivity index is 2.34. The summed E-state index contributed by atoms with van der Waals surface area (Å²) in [5, 5.41) is 0. The molecule has 0 aliphatic rings. The lowest BCUT2D eigenvalue weighted by molar-refractivity contribution is 0.546. The summed E-state index contributed by atoms with van der Waals surface area (Å²) in [6.45, 7) is 4.26. The molecule has 100 valence electrons. The maximum atomic E-state index is 5.78. The molecule has 0 aliphatic carbocycles. The molecule has 3 N–H and O–H groups in total. The van der Waals surface area contributed by atoms with Crippen molar-refractivity contribution in [2.24, 2.45) is 5.84 Å². The van der Waals surface area contributed by atoms with Crippen molar-refractivity contribution in [3.05, 3.63) is 69.2 Å². The molecule has 2 aromatic carbocycles. The van der Waals surface area contributed by atoms with Gasteiger partial charge in [0.2, 0.25) is 0 Å². The minimum atomic E-state index is 0.125. The van der Waals surface area contributed by atoms with E-state index in [1.54, 1.807) is 0 Å². The van der Waals surface area contributed by atoms with Crippen LogP contribution in [0.5, 0.6) is 0 Å². The summed E-state index contributed by atoms with van der Waals surface area (Å²) >= 11 is 3.59. The van der Waals surface area contributed by atoms with Crippen LogP contribution in [0.15, 0.2) is 46.9 Å². The molecule has 0 aliphatic heterocycles. The van der Waals surface area contributed by atoms with Gasteiger partial charge in [0.1, 0.15) is 0 Å². The first-order valence-electron chi connectivity index (χ1n) is 6.39. The molecule has 0 aromatic heterocycles. The van der Waals surface area contributed by atoms with Crippen molar-refractivity contribution < 1.29 is 0 Å². The van der Waals surface area contributed by atoms with Gasteiger partial charge < -0.3 is 0 Å². The summed E-state index contributed by atoms with van der Waals surface area (Å²) in [7, 11) is 0. The Labute approximate surface area is 123 Å². The largest absolute Gasteiger partial charge is 0.271 e. The van der Waals surface area contributed by atoms with Gasteiger partial charge in [0.15, 0.2) is 0 Å². The van der Waals surface area contributed by atoms with Crippen LogP contribution in [0.4, 0.5) is 0 Å². The summed E-state index contributed by atoms with van der Waals surface area (Å²) in [5.74, 6) is 5.78. The van der Waals surface area contributed by atoms with Crippen LogP contribution >= 0.6 is 15.9 Å². The van der Waals surface area contributed by atoms with Crippen molar-refractivity contribution in [3.8, 4) is 0 Å². The Morgan fingerprint density at radius 3 is 2.26 bits per heavy atom. The second-order valence-corrected chi connectivity index (χ2v) is 5.67. The normalized spacial score (nSPS) is 12.4. The molecule has 0 fully saturated rings. The quantitative estimate of drug-likeness (QED) is 0.664. The lowest BCUT2D eigenvalue weighted by atomic mass is 9.92. The molecule has 1 atom stereocenters. The van der Waals surface area contributed by atoms with Gasteiger partial charge in [-0.1, -0.05) is 52.3 Å². The van der Waals surface area contributed by atoms with Crippen molar-refractivity contribution in [3.63, 3.8) is 0 Å². The highest BCUT2D eigenvalue weighted by Crippen LogP contribution is 2.27. The highest BCUT2D eigenvalue weighted by Gasteiger charge is 2.16. The molecule has 1 unspecified atom stereocenters. The molecule has 2 rings (SSSR count). The number of nitrogens with one attached hydrogen (secondary N) is 1. The SMILES string of the molecule is Cc1cccc(C)c1C(Cc1ccccc1Br)NN. The minimum absolute atomic E-state index is 0.125. The van der Waals surface area contributed by atoms with E-state index in [1.165, 1.54) is 22.3 Å². The minimum Gasteiger partial charge on any atom is -0.271 e. The second-order valence-electron chi connectivity index (χ2n) is 4.82. The van der Waals surface area contributed by atoms with Crippen LogP contribution in [0.3, 0.4) is 0 Å². The topological polar surface area (TPSA) is 38.0 Å². The van der Waals surface area contributed by atoms with Crippen LogP contribution in [0.1, 0.15) is 28.3 Å². The van der Waals surface area contributed by atoms with Crippen LogP contribution in [-0.2, 0) is 6.42 Å². The maximum Gasteiger partial charge on any atom is 0.0505 e. The molecule has 2 aromatic rings. The Bertz CT molecular complexity index is 546. The summed E-state index contributed by atoms with van der Waals surface area (Å²) in [6.07, 6.45) is 0.865. The first kappa shape index (κ1) is 14.3. The van der Waals surface area contributed by atoms with Crippen LogP contribution in [0, 0.1) is 13.8 Å². The predicted molar refractivity (Wildman–Crippen MR) is 83.8 cm³/mol. The number of hydrogen-bond acceptors (Lipinski definition) is 2. The molecule has 0 amide bonds. The van der Waals surface area contributed by atoms with Crippen molar-refractivity contribution in [1.29, 1.82) is 0 Å². The molecule has 19 heavy (non-hydrogen) atoms. The van der Waals surface area contributed by atoms with Gasteiger partial charge >= 0.3 is 0 Å². The van der Waals surface area contributed by atoms with E-state index in [4.69, 9.17) is 5.84 Å². The van der Waals surface area contributed by atoms with E-state index in [2.05, 4.69) is 71.6 Å². The number of hydrogen-bond donors (Lipinski definition) is 2. The number of aryl methyl sites for hydroxylation is 2. The average Bonchev–Trinajstić information content (AvgIpc) is 2.39. The second kappa shape index (κ2) is 6.33. The third-order valence-corrected chi connectivity index (χ3v) is 4.25. The predicted octanol–water partition coefficient (Wildman–Crippen LogP) is 3.81. The van der Waals surface area contributed by atoms with Crippen LogP contribution in [-0.4, -0.2) is 0 Å². The van der Waals surface area contributed by atoms with Gasteiger partial charge in [-0.2, -0.15) is 0 Å². The highest BCUT2D eigenvalue weighted by atomic mass is 79.9. The van der Waals surface area contributed by atoms with E-state index in [0.29, 0.717) is 0 Å². The monoisotopic (exact) mass is 318 g/mol. The first-order chi connectivity index (χ1) is 9.13. The number of halogens is 1. The van der Waals surface area contributed by atoms with Gasteiger partial charge in [-0.25, -0.2) is 0 Å². The molecule has 0 saturated heterocycles. The van der Waals surface area contributed by atoms with Gasteiger partial charge in [0.05, 0.1) is 6.04 Å². The van der Waals surface area contributed by atoms with E-state index in [9.17, 15) is 0 Å². The molecule has 0 bridgehead atoms. The van der Waals surface area contributed by atoms with Crippen molar-refractivity contribution in [2.45, 2.75) is 26.3 Å². The summed E-state index contributed by atoms with van der Waals surface area (Å²) < 4.78 is 1.13. The van der Waals surface area contributed by atoms with Crippen molar-refractivity contribution in [1.82, 2.24) is 5.43 Å². The number of hydrazine groups is 1. The zero-order valence-corrected chi connectivity index (χ0v) is 12.9. The number of rotatable bonds is 4. The number of benzene rings is 2. The van der Waals surface area contributed by atoms with E-state index >= 15 is 0 Å². The number of nitrogens with two attached hydrogens (primary N) is 1. The molecule has 0 saturated carbocycles. The summed E-state index contributed by atoms with van der Waals surface area (Å²) in [4.78, 5) is 0. The van der Waals surface area contributed by atoms with Crippen molar-refractivity contribution >= 4 is 15.9 Å². The fourth-order valence-corrected chi connectivity index (χ4v) is 2.95.